The topological polar surface area (TPSA) is 83.1 Å². The second-order valence-electron chi connectivity index (χ2n) is 7.79. The number of likely N-dealkylation sites (N-methyl/N-ethyl adjacent to an activating group) is 1. The van der Waals surface area contributed by atoms with Crippen molar-refractivity contribution in [1.29, 1.82) is 0 Å². The number of hydrogen-bond acceptors (Lipinski definition) is 6. The van der Waals surface area contributed by atoms with Gasteiger partial charge in [-0.15, -0.1) is 11.3 Å². The largest absolute Gasteiger partial charge is 0.380 e. The maximum absolute atomic E-state index is 14.9. The number of aromatic nitrogens is 1. The summed E-state index contributed by atoms with van der Waals surface area (Å²) >= 11 is 1.16. The minimum absolute atomic E-state index is 0.219. The number of hydrogen-bond donors (Lipinski definition) is 3. The van der Waals surface area contributed by atoms with Crippen LogP contribution in [-0.4, -0.2) is 32.0 Å². The third-order valence-electron chi connectivity index (χ3n) is 5.64. The highest BCUT2D eigenvalue weighted by atomic mass is 32.2. The maximum atomic E-state index is 14.9. The maximum Gasteiger partial charge on any atom is 0.266 e. The van der Waals surface area contributed by atoms with Gasteiger partial charge in [-0.3, -0.25) is 4.72 Å². The van der Waals surface area contributed by atoms with Gasteiger partial charge in [0.2, 0.25) is 0 Å². The summed E-state index contributed by atoms with van der Waals surface area (Å²) in [6.07, 6.45) is 7.96. The molecule has 2 fully saturated rings. The van der Waals surface area contributed by atoms with Gasteiger partial charge in [0, 0.05) is 29.3 Å². The predicted octanol–water partition coefficient (Wildman–Crippen LogP) is 4.29. The highest BCUT2D eigenvalue weighted by Gasteiger charge is 2.32. The molecule has 2 aliphatic carbocycles. The van der Waals surface area contributed by atoms with Gasteiger partial charge in [-0.25, -0.2) is 17.8 Å². The average molecular weight is 439 g/mol. The SMILES string of the molecule is CCN[C@H]1CCCC[C@@H]1Nc1cc(F)c(S(=O)(=O)Nc2nccs2)cc1C1CC1. The molecule has 1 heterocycles. The first kappa shape index (κ1) is 20.6. The van der Waals surface area contributed by atoms with Crippen LogP contribution in [0, 0.1) is 5.82 Å². The molecular weight excluding hydrogens is 411 g/mol. The van der Waals surface area contributed by atoms with Crippen molar-refractivity contribution >= 4 is 32.2 Å². The van der Waals surface area contributed by atoms with Crippen LogP contribution in [0.15, 0.2) is 28.6 Å². The number of rotatable bonds is 8. The van der Waals surface area contributed by atoms with Crippen LogP contribution >= 0.6 is 11.3 Å². The molecule has 0 spiro atoms. The highest BCUT2D eigenvalue weighted by Crippen LogP contribution is 2.45. The van der Waals surface area contributed by atoms with E-state index in [2.05, 4.69) is 27.3 Å². The van der Waals surface area contributed by atoms with Gasteiger partial charge in [-0.2, -0.15) is 0 Å². The van der Waals surface area contributed by atoms with Gasteiger partial charge >= 0.3 is 0 Å². The van der Waals surface area contributed by atoms with E-state index in [-0.39, 0.29) is 22.0 Å². The highest BCUT2D eigenvalue weighted by molar-refractivity contribution is 7.93. The lowest BCUT2D eigenvalue weighted by Crippen LogP contribution is -2.46. The van der Waals surface area contributed by atoms with Gasteiger partial charge in [0.15, 0.2) is 5.13 Å². The summed E-state index contributed by atoms with van der Waals surface area (Å²) in [6.45, 7) is 2.99. The van der Waals surface area contributed by atoms with Crippen LogP contribution in [0.1, 0.15) is 56.9 Å². The molecular formula is C20H27FN4O2S2. The Bertz CT molecular complexity index is 944. The minimum atomic E-state index is -4.03. The molecule has 0 saturated heterocycles. The molecule has 6 nitrogen and oxygen atoms in total. The van der Waals surface area contributed by atoms with Crippen molar-refractivity contribution in [1.82, 2.24) is 10.3 Å². The molecule has 0 radical (unpaired) electrons. The van der Waals surface area contributed by atoms with Crippen molar-refractivity contribution in [2.75, 3.05) is 16.6 Å². The fourth-order valence-corrected chi connectivity index (χ4v) is 5.97. The Morgan fingerprint density at radius 3 is 2.59 bits per heavy atom. The van der Waals surface area contributed by atoms with E-state index in [1.165, 1.54) is 24.8 Å². The van der Waals surface area contributed by atoms with Crippen molar-refractivity contribution < 1.29 is 12.8 Å². The lowest BCUT2D eigenvalue weighted by Gasteiger charge is -2.34. The van der Waals surface area contributed by atoms with E-state index in [4.69, 9.17) is 0 Å². The molecule has 29 heavy (non-hydrogen) atoms. The van der Waals surface area contributed by atoms with Crippen molar-refractivity contribution in [2.45, 2.75) is 68.3 Å². The van der Waals surface area contributed by atoms with Crippen molar-refractivity contribution in [3.05, 3.63) is 35.1 Å². The fourth-order valence-electron chi connectivity index (χ4n) is 4.09. The number of anilines is 2. The molecule has 2 atom stereocenters. The van der Waals surface area contributed by atoms with Crippen molar-refractivity contribution in [3.8, 4) is 0 Å². The third kappa shape index (κ3) is 4.73. The van der Waals surface area contributed by atoms with Crippen LogP contribution < -0.4 is 15.4 Å². The summed E-state index contributed by atoms with van der Waals surface area (Å²) in [6, 6.07) is 3.44. The summed E-state index contributed by atoms with van der Waals surface area (Å²) in [5.74, 6) is -0.454. The molecule has 1 aromatic heterocycles. The van der Waals surface area contributed by atoms with Crippen LogP contribution in [0.5, 0.6) is 0 Å². The van der Waals surface area contributed by atoms with Gasteiger partial charge in [0.25, 0.3) is 10.0 Å². The smallest absolute Gasteiger partial charge is 0.266 e. The van der Waals surface area contributed by atoms with E-state index in [9.17, 15) is 12.8 Å². The van der Waals surface area contributed by atoms with Gasteiger partial charge in [-0.05, 0) is 55.8 Å². The fraction of sp³-hybridized carbons (Fsp3) is 0.550. The molecule has 158 valence electrons. The summed E-state index contributed by atoms with van der Waals surface area (Å²) in [5.41, 5.74) is 1.62. The molecule has 4 rings (SSSR count). The first-order valence-electron chi connectivity index (χ1n) is 10.2. The van der Waals surface area contributed by atoms with E-state index in [0.717, 1.165) is 61.2 Å². The number of benzene rings is 1. The molecule has 2 aliphatic rings. The summed E-state index contributed by atoms with van der Waals surface area (Å²) < 4.78 is 42.8. The van der Waals surface area contributed by atoms with Crippen LogP contribution in [0.4, 0.5) is 15.2 Å². The van der Waals surface area contributed by atoms with E-state index >= 15 is 0 Å². The lowest BCUT2D eigenvalue weighted by atomic mass is 9.89. The van der Waals surface area contributed by atoms with Gasteiger partial charge in [0.05, 0.1) is 0 Å². The zero-order chi connectivity index (χ0) is 20.4. The van der Waals surface area contributed by atoms with E-state index in [1.807, 2.05) is 0 Å². The molecule has 2 aromatic rings. The summed E-state index contributed by atoms with van der Waals surface area (Å²) in [4.78, 5) is 3.62. The minimum Gasteiger partial charge on any atom is -0.380 e. The molecule has 0 aliphatic heterocycles. The Labute approximate surface area is 175 Å². The van der Waals surface area contributed by atoms with Crippen molar-refractivity contribution in [2.24, 2.45) is 0 Å². The Morgan fingerprint density at radius 2 is 1.93 bits per heavy atom. The van der Waals surface area contributed by atoms with E-state index in [1.54, 1.807) is 5.38 Å². The Hall–Kier alpha value is -1.71. The Morgan fingerprint density at radius 1 is 1.17 bits per heavy atom. The molecule has 9 heteroatoms. The molecule has 2 saturated carbocycles. The summed E-state index contributed by atoms with van der Waals surface area (Å²) in [7, 11) is -4.03. The number of nitrogens with zero attached hydrogens (tertiary/aromatic N) is 1. The predicted molar refractivity (Wildman–Crippen MR) is 115 cm³/mol. The van der Waals surface area contributed by atoms with Crippen molar-refractivity contribution in [3.63, 3.8) is 0 Å². The standard InChI is InChI=1S/C20H27FN4O2S2/c1-2-22-16-5-3-4-6-17(16)24-18-12-15(21)19(11-14(18)13-7-8-13)29(26,27)25-20-23-9-10-28-20/h9-13,16-17,22,24H,2-8H2,1H3,(H,23,25)/t16-,17-/m0/s1. The van der Waals surface area contributed by atoms with Gasteiger partial charge in [-0.1, -0.05) is 19.8 Å². The van der Waals surface area contributed by atoms with Gasteiger partial charge < -0.3 is 10.6 Å². The van der Waals surface area contributed by atoms with Crippen LogP contribution in [0.25, 0.3) is 0 Å². The third-order valence-corrected chi connectivity index (χ3v) is 7.81. The molecule has 0 amide bonds. The number of halogens is 1. The average Bonchev–Trinajstić information content (AvgIpc) is 3.40. The monoisotopic (exact) mass is 438 g/mol. The zero-order valence-corrected chi connectivity index (χ0v) is 18.1. The first-order valence-corrected chi connectivity index (χ1v) is 12.6. The molecule has 1 aromatic carbocycles. The second kappa shape index (κ2) is 8.57. The number of sulfonamides is 1. The first-order chi connectivity index (χ1) is 14.0. The quantitative estimate of drug-likeness (QED) is 0.573. The normalized spacial score (nSPS) is 22.4. The molecule has 3 N–H and O–H groups in total. The lowest BCUT2D eigenvalue weighted by molar-refractivity contribution is 0.349. The van der Waals surface area contributed by atoms with Crippen LogP contribution in [0.3, 0.4) is 0 Å². The number of nitrogens with one attached hydrogen (secondary N) is 3. The molecule has 0 unspecified atom stereocenters. The second-order valence-corrected chi connectivity index (χ2v) is 10.3. The van der Waals surface area contributed by atoms with E-state index in [0.29, 0.717) is 6.04 Å². The van der Waals surface area contributed by atoms with Gasteiger partial charge in [0.1, 0.15) is 10.7 Å². The molecule has 0 bridgehead atoms. The van der Waals surface area contributed by atoms with Crippen LogP contribution in [-0.2, 0) is 10.0 Å². The number of thiazole rings is 1. The Balaban J connectivity index is 1.63. The Kier molecular flexibility index (Phi) is 6.08. The van der Waals surface area contributed by atoms with Crippen LogP contribution in [0.2, 0.25) is 0 Å². The van der Waals surface area contributed by atoms with E-state index < -0.39 is 15.8 Å². The summed E-state index contributed by atoms with van der Waals surface area (Å²) in [5, 5.41) is 8.97. The zero-order valence-electron chi connectivity index (χ0n) is 16.4.